The summed E-state index contributed by atoms with van der Waals surface area (Å²) in [5, 5.41) is 14.6. The van der Waals surface area contributed by atoms with Gasteiger partial charge in [-0.15, -0.1) is 0 Å². The molecule has 7 heteroatoms. The molecule has 116 valence electrons. The van der Waals surface area contributed by atoms with Crippen molar-refractivity contribution in [1.29, 1.82) is 0 Å². The Labute approximate surface area is 136 Å². The number of aromatic carboxylic acids is 1. The summed E-state index contributed by atoms with van der Waals surface area (Å²) in [4.78, 5) is 23.7. The second-order valence-corrected chi connectivity index (χ2v) is 5.25. The van der Waals surface area contributed by atoms with Gasteiger partial charge in [0.25, 0.3) is 5.91 Å². The van der Waals surface area contributed by atoms with Crippen LogP contribution in [0.5, 0.6) is 0 Å². The summed E-state index contributed by atoms with van der Waals surface area (Å²) in [6.07, 6.45) is 3.10. The molecule has 1 amide bonds. The predicted molar refractivity (Wildman–Crippen MR) is 85.7 cm³/mol. The Morgan fingerprint density at radius 1 is 1.39 bits per heavy atom. The van der Waals surface area contributed by atoms with E-state index in [9.17, 15) is 9.59 Å². The van der Waals surface area contributed by atoms with Crippen LogP contribution in [0.15, 0.2) is 51.7 Å². The van der Waals surface area contributed by atoms with E-state index in [0.29, 0.717) is 22.7 Å². The minimum atomic E-state index is -1.17. The maximum absolute atomic E-state index is 12.5. The fourth-order valence-corrected chi connectivity index (χ4v) is 2.38. The maximum atomic E-state index is 12.5. The van der Waals surface area contributed by atoms with Crippen LogP contribution >= 0.6 is 11.6 Å². The van der Waals surface area contributed by atoms with E-state index in [2.05, 4.69) is 5.10 Å². The molecule has 0 saturated heterocycles. The van der Waals surface area contributed by atoms with Crippen LogP contribution in [0.25, 0.3) is 6.08 Å². The topological polar surface area (TPSA) is 83.1 Å². The molecular formula is C16H11ClN2O4. The molecule has 1 aliphatic rings. The van der Waals surface area contributed by atoms with Crippen LogP contribution in [0.4, 0.5) is 5.69 Å². The third-order valence-electron chi connectivity index (χ3n) is 3.32. The number of amides is 1. The third kappa shape index (κ3) is 2.76. The number of halogens is 1. The monoisotopic (exact) mass is 330 g/mol. The standard InChI is InChI=1S/C16H11ClN2O4/c1-9-12(8-11-3-2-6-23-11)15(20)19(18-9)10-4-5-14(17)13(7-10)16(21)22/h2-8H,1H3,(H,21,22)/b12-8-. The Hall–Kier alpha value is -2.86. The summed E-state index contributed by atoms with van der Waals surface area (Å²) >= 11 is 5.84. The summed E-state index contributed by atoms with van der Waals surface area (Å²) in [5.74, 6) is -1.000. The van der Waals surface area contributed by atoms with Gasteiger partial charge < -0.3 is 9.52 Å². The lowest BCUT2D eigenvalue weighted by molar-refractivity contribution is -0.114. The number of nitrogens with zero attached hydrogens (tertiary/aromatic N) is 2. The molecule has 1 aromatic heterocycles. The Morgan fingerprint density at radius 2 is 2.17 bits per heavy atom. The lowest BCUT2D eigenvalue weighted by Crippen LogP contribution is -2.21. The molecule has 1 N–H and O–H groups in total. The van der Waals surface area contributed by atoms with E-state index in [4.69, 9.17) is 21.1 Å². The first kappa shape index (κ1) is 15.1. The Bertz CT molecular complexity index is 853. The minimum absolute atomic E-state index is 0.0896. The van der Waals surface area contributed by atoms with E-state index in [1.165, 1.54) is 18.4 Å². The number of furan rings is 1. The van der Waals surface area contributed by atoms with Gasteiger partial charge in [0.1, 0.15) is 5.76 Å². The molecule has 0 fully saturated rings. The maximum Gasteiger partial charge on any atom is 0.337 e. The molecule has 2 aromatic rings. The summed E-state index contributed by atoms with van der Waals surface area (Å²) in [5.41, 5.74) is 1.14. The van der Waals surface area contributed by atoms with Gasteiger partial charge in [-0.05, 0) is 43.3 Å². The van der Waals surface area contributed by atoms with Crippen molar-refractivity contribution >= 4 is 41.0 Å². The summed E-state index contributed by atoms with van der Waals surface area (Å²) < 4.78 is 5.20. The molecule has 23 heavy (non-hydrogen) atoms. The van der Waals surface area contributed by atoms with Gasteiger partial charge in [-0.3, -0.25) is 4.79 Å². The SMILES string of the molecule is CC1=NN(c2ccc(Cl)c(C(=O)O)c2)C(=O)/C1=C\c1ccco1. The van der Waals surface area contributed by atoms with Crippen LogP contribution in [-0.4, -0.2) is 22.7 Å². The lowest BCUT2D eigenvalue weighted by Gasteiger charge is -2.12. The highest BCUT2D eigenvalue weighted by Crippen LogP contribution is 2.28. The number of anilines is 1. The molecule has 6 nitrogen and oxygen atoms in total. The Balaban J connectivity index is 1.98. The highest BCUT2D eigenvalue weighted by Gasteiger charge is 2.29. The zero-order valence-electron chi connectivity index (χ0n) is 12.0. The number of carboxylic acids is 1. The zero-order chi connectivity index (χ0) is 16.6. The molecular weight excluding hydrogens is 320 g/mol. The number of benzene rings is 1. The number of carboxylic acid groups (broad SMARTS) is 1. The normalized spacial score (nSPS) is 16.1. The number of hydrogen-bond acceptors (Lipinski definition) is 4. The lowest BCUT2D eigenvalue weighted by atomic mass is 10.1. The van der Waals surface area contributed by atoms with Crippen LogP contribution in [-0.2, 0) is 4.79 Å². The molecule has 0 aliphatic carbocycles. The molecule has 0 radical (unpaired) electrons. The highest BCUT2D eigenvalue weighted by atomic mass is 35.5. The number of hydrogen-bond donors (Lipinski definition) is 1. The molecule has 0 bridgehead atoms. The van der Waals surface area contributed by atoms with Crippen molar-refractivity contribution in [3.63, 3.8) is 0 Å². The van der Waals surface area contributed by atoms with Gasteiger partial charge in [0.2, 0.25) is 0 Å². The number of carbonyl (C=O) groups excluding carboxylic acids is 1. The van der Waals surface area contributed by atoms with Gasteiger partial charge in [0, 0.05) is 0 Å². The second-order valence-electron chi connectivity index (χ2n) is 4.85. The van der Waals surface area contributed by atoms with E-state index >= 15 is 0 Å². The summed E-state index contributed by atoms with van der Waals surface area (Å²) in [7, 11) is 0. The van der Waals surface area contributed by atoms with E-state index in [1.807, 2.05) is 0 Å². The number of rotatable bonds is 3. The second kappa shape index (κ2) is 5.73. The zero-order valence-corrected chi connectivity index (χ0v) is 12.7. The van der Waals surface area contributed by atoms with E-state index in [-0.39, 0.29) is 16.5 Å². The van der Waals surface area contributed by atoms with E-state index in [1.54, 1.807) is 31.2 Å². The van der Waals surface area contributed by atoms with Crippen molar-refractivity contribution in [2.24, 2.45) is 5.10 Å². The molecule has 1 aliphatic heterocycles. The van der Waals surface area contributed by atoms with Gasteiger partial charge in [0.05, 0.1) is 33.8 Å². The Morgan fingerprint density at radius 3 is 2.83 bits per heavy atom. The number of carbonyl (C=O) groups is 2. The summed E-state index contributed by atoms with van der Waals surface area (Å²) in [6, 6.07) is 7.72. The van der Waals surface area contributed by atoms with Crippen LogP contribution < -0.4 is 5.01 Å². The molecule has 1 aromatic carbocycles. The van der Waals surface area contributed by atoms with Gasteiger partial charge in [0.15, 0.2) is 0 Å². The van der Waals surface area contributed by atoms with E-state index < -0.39 is 5.97 Å². The van der Waals surface area contributed by atoms with Crippen LogP contribution in [0.3, 0.4) is 0 Å². The van der Waals surface area contributed by atoms with Crippen molar-refractivity contribution in [2.45, 2.75) is 6.92 Å². The first-order chi connectivity index (χ1) is 11.0. The quantitative estimate of drug-likeness (QED) is 0.874. The summed E-state index contributed by atoms with van der Waals surface area (Å²) in [6.45, 7) is 1.70. The van der Waals surface area contributed by atoms with Gasteiger partial charge >= 0.3 is 5.97 Å². The average molecular weight is 331 g/mol. The highest BCUT2D eigenvalue weighted by molar-refractivity contribution is 6.34. The van der Waals surface area contributed by atoms with Crippen molar-refractivity contribution in [2.75, 3.05) is 5.01 Å². The first-order valence-corrected chi connectivity index (χ1v) is 7.03. The van der Waals surface area contributed by atoms with Crippen LogP contribution in [0, 0.1) is 0 Å². The van der Waals surface area contributed by atoms with Gasteiger partial charge in [-0.2, -0.15) is 10.1 Å². The third-order valence-corrected chi connectivity index (χ3v) is 3.65. The van der Waals surface area contributed by atoms with Gasteiger partial charge in [-0.1, -0.05) is 11.6 Å². The molecule has 3 rings (SSSR count). The largest absolute Gasteiger partial charge is 0.478 e. The first-order valence-electron chi connectivity index (χ1n) is 6.65. The molecule has 0 spiro atoms. The molecule has 0 atom stereocenters. The fraction of sp³-hybridized carbons (Fsp3) is 0.0625. The van der Waals surface area contributed by atoms with Crippen LogP contribution in [0.2, 0.25) is 5.02 Å². The fourth-order valence-electron chi connectivity index (χ4n) is 2.18. The molecule has 0 saturated carbocycles. The van der Waals surface area contributed by atoms with Gasteiger partial charge in [-0.25, -0.2) is 4.79 Å². The van der Waals surface area contributed by atoms with Crippen LogP contribution in [0.1, 0.15) is 23.0 Å². The molecule has 0 unspecified atom stereocenters. The minimum Gasteiger partial charge on any atom is -0.478 e. The number of hydrazone groups is 1. The van der Waals surface area contributed by atoms with Crippen molar-refractivity contribution in [3.8, 4) is 0 Å². The van der Waals surface area contributed by atoms with Crippen molar-refractivity contribution in [1.82, 2.24) is 0 Å². The van der Waals surface area contributed by atoms with Crippen molar-refractivity contribution < 1.29 is 19.1 Å². The van der Waals surface area contributed by atoms with Crippen molar-refractivity contribution in [3.05, 3.63) is 58.5 Å². The van der Waals surface area contributed by atoms with E-state index in [0.717, 1.165) is 5.01 Å². The smallest absolute Gasteiger partial charge is 0.337 e. The Kier molecular flexibility index (Phi) is 3.75. The molecule has 2 heterocycles. The predicted octanol–water partition coefficient (Wildman–Crippen LogP) is 3.44. The average Bonchev–Trinajstić information content (AvgIpc) is 3.11.